The summed E-state index contributed by atoms with van der Waals surface area (Å²) in [6, 6.07) is 3.23. The second-order valence-corrected chi connectivity index (χ2v) is 3.84. The lowest BCUT2D eigenvalue weighted by Gasteiger charge is -1.96. The van der Waals surface area contributed by atoms with E-state index in [0.29, 0.717) is 0 Å². The number of nitrogens with one attached hydrogen (secondary N) is 1. The number of hydrogen-bond acceptors (Lipinski definition) is 6. The van der Waals surface area contributed by atoms with E-state index in [1.807, 2.05) is 0 Å². The predicted molar refractivity (Wildman–Crippen MR) is 67.6 cm³/mol. The number of nitro groups is 2. The van der Waals surface area contributed by atoms with E-state index < -0.39 is 27.2 Å². The quantitative estimate of drug-likeness (QED) is 0.518. The van der Waals surface area contributed by atoms with Crippen molar-refractivity contribution in [2.45, 2.75) is 6.92 Å². The summed E-state index contributed by atoms with van der Waals surface area (Å²) in [4.78, 5) is 34.4. The van der Waals surface area contributed by atoms with Crippen molar-refractivity contribution in [1.82, 2.24) is 4.98 Å². The summed E-state index contributed by atoms with van der Waals surface area (Å²) < 4.78 is 4.76. The zero-order valence-corrected chi connectivity index (χ0v) is 10.3. The summed E-state index contributed by atoms with van der Waals surface area (Å²) in [5, 5.41) is 21.8. The van der Waals surface area contributed by atoms with Crippen LogP contribution in [0.1, 0.15) is 17.4 Å². The number of fused-ring (bicyclic) bond motifs is 1. The van der Waals surface area contributed by atoms with Gasteiger partial charge in [-0.25, -0.2) is 4.79 Å². The molecule has 0 aliphatic rings. The SMILES string of the molecule is CCOC(=O)c1cc2c([N+](=O)[O-])cc([N+](=O)[O-])cc2[nH]1. The standard InChI is InChI=1S/C11H9N3O6/c1-2-20-11(15)9-5-7-8(12-9)3-6(13(16)17)4-10(7)14(18)19/h3-5,12H,2H2,1H3. The molecule has 0 aliphatic carbocycles. The van der Waals surface area contributed by atoms with Crippen LogP contribution in [0.15, 0.2) is 18.2 Å². The zero-order chi connectivity index (χ0) is 14.9. The maximum absolute atomic E-state index is 11.6. The smallest absolute Gasteiger partial charge is 0.354 e. The molecule has 0 amide bonds. The van der Waals surface area contributed by atoms with Crippen LogP contribution in [-0.2, 0) is 4.74 Å². The number of non-ortho nitro benzene ring substituents is 2. The number of hydrogen-bond donors (Lipinski definition) is 1. The fourth-order valence-electron chi connectivity index (χ4n) is 1.78. The van der Waals surface area contributed by atoms with Crippen molar-refractivity contribution in [2.24, 2.45) is 0 Å². The summed E-state index contributed by atoms with van der Waals surface area (Å²) in [6.07, 6.45) is 0. The number of esters is 1. The highest BCUT2D eigenvalue weighted by molar-refractivity contribution is 5.99. The topological polar surface area (TPSA) is 128 Å². The maximum atomic E-state index is 11.6. The van der Waals surface area contributed by atoms with Crippen molar-refractivity contribution in [3.8, 4) is 0 Å². The minimum absolute atomic E-state index is 0.00504. The van der Waals surface area contributed by atoms with Crippen LogP contribution in [0.3, 0.4) is 0 Å². The largest absolute Gasteiger partial charge is 0.461 e. The third-order valence-corrected chi connectivity index (χ3v) is 2.60. The molecule has 0 spiro atoms. The van der Waals surface area contributed by atoms with Gasteiger partial charge >= 0.3 is 5.97 Å². The van der Waals surface area contributed by atoms with Crippen molar-refractivity contribution in [2.75, 3.05) is 6.61 Å². The number of nitro benzene ring substituents is 2. The molecule has 1 aromatic heterocycles. The molecule has 0 radical (unpaired) electrons. The number of carbonyl (C=O) groups excluding carboxylic acids is 1. The minimum Gasteiger partial charge on any atom is -0.461 e. The van der Waals surface area contributed by atoms with Crippen LogP contribution in [0.2, 0.25) is 0 Å². The number of rotatable bonds is 4. The van der Waals surface area contributed by atoms with E-state index in [4.69, 9.17) is 4.74 Å². The Morgan fingerprint density at radius 1 is 1.25 bits per heavy atom. The van der Waals surface area contributed by atoms with Crippen LogP contribution < -0.4 is 0 Å². The van der Waals surface area contributed by atoms with Crippen molar-refractivity contribution >= 4 is 28.2 Å². The monoisotopic (exact) mass is 279 g/mol. The Hall–Kier alpha value is -2.97. The molecule has 0 bridgehead atoms. The van der Waals surface area contributed by atoms with Gasteiger partial charge in [-0.05, 0) is 13.0 Å². The van der Waals surface area contributed by atoms with Gasteiger partial charge < -0.3 is 9.72 Å². The molecule has 104 valence electrons. The van der Waals surface area contributed by atoms with Gasteiger partial charge in [0.15, 0.2) is 0 Å². The molecule has 20 heavy (non-hydrogen) atoms. The van der Waals surface area contributed by atoms with Gasteiger partial charge in [0.2, 0.25) is 0 Å². The summed E-state index contributed by atoms with van der Waals surface area (Å²) >= 11 is 0. The Labute approximate surface area is 111 Å². The Morgan fingerprint density at radius 3 is 2.50 bits per heavy atom. The molecule has 0 atom stereocenters. The second-order valence-electron chi connectivity index (χ2n) is 3.84. The molecule has 1 N–H and O–H groups in total. The summed E-state index contributed by atoms with van der Waals surface area (Å²) in [7, 11) is 0. The molecule has 0 aliphatic heterocycles. The molecular formula is C11H9N3O6. The number of aromatic amines is 1. The molecule has 0 saturated carbocycles. The van der Waals surface area contributed by atoms with Crippen molar-refractivity contribution in [3.63, 3.8) is 0 Å². The fourth-order valence-corrected chi connectivity index (χ4v) is 1.78. The van der Waals surface area contributed by atoms with E-state index in [1.54, 1.807) is 6.92 Å². The van der Waals surface area contributed by atoms with Gasteiger partial charge in [0.25, 0.3) is 11.4 Å². The Kier molecular flexibility index (Phi) is 3.34. The number of benzene rings is 1. The van der Waals surface area contributed by atoms with Crippen LogP contribution in [0.4, 0.5) is 11.4 Å². The maximum Gasteiger partial charge on any atom is 0.354 e. The third-order valence-electron chi connectivity index (χ3n) is 2.60. The molecule has 9 nitrogen and oxygen atoms in total. The molecular weight excluding hydrogens is 270 g/mol. The van der Waals surface area contributed by atoms with E-state index in [9.17, 15) is 25.0 Å². The lowest BCUT2D eigenvalue weighted by atomic mass is 10.2. The van der Waals surface area contributed by atoms with Gasteiger partial charge in [0.1, 0.15) is 5.69 Å². The van der Waals surface area contributed by atoms with Crippen molar-refractivity contribution < 1.29 is 19.4 Å². The first-order valence-corrected chi connectivity index (χ1v) is 5.56. The zero-order valence-electron chi connectivity index (χ0n) is 10.3. The minimum atomic E-state index is -0.739. The van der Waals surface area contributed by atoms with E-state index in [-0.39, 0.29) is 23.2 Å². The van der Waals surface area contributed by atoms with E-state index in [0.717, 1.165) is 12.1 Å². The lowest BCUT2D eigenvalue weighted by molar-refractivity contribution is -0.393. The van der Waals surface area contributed by atoms with Crippen LogP contribution in [0, 0.1) is 20.2 Å². The third kappa shape index (κ3) is 2.28. The van der Waals surface area contributed by atoms with Crippen LogP contribution in [0.5, 0.6) is 0 Å². The van der Waals surface area contributed by atoms with Crippen LogP contribution in [-0.4, -0.2) is 27.4 Å². The van der Waals surface area contributed by atoms with Crippen LogP contribution >= 0.6 is 0 Å². The van der Waals surface area contributed by atoms with Crippen molar-refractivity contribution in [1.29, 1.82) is 0 Å². The highest BCUT2D eigenvalue weighted by atomic mass is 16.6. The molecule has 0 unspecified atom stereocenters. The van der Waals surface area contributed by atoms with E-state index in [1.165, 1.54) is 6.07 Å². The Balaban J connectivity index is 2.65. The van der Waals surface area contributed by atoms with E-state index in [2.05, 4.69) is 4.98 Å². The van der Waals surface area contributed by atoms with Gasteiger partial charge in [-0.1, -0.05) is 0 Å². The predicted octanol–water partition coefficient (Wildman–Crippen LogP) is 2.16. The number of aromatic nitrogens is 1. The number of H-pyrrole nitrogens is 1. The number of carbonyl (C=O) groups is 1. The average Bonchev–Trinajstić information content (AvgIpc) is 2.81. The first-order valence-electron chi connectivity index (χ1n) is 5.56. The number of nitrogens with zero attached hydrogens (tertiary/aromatic N) is 2. The molecule has 0 fully saturated rings. The van der Waals surface area contributed by atoms with Gasteiger partial charge in [0, 0.05) is 6.07 Å². The summed E-state index contributed by atoms with van der Waals surface area (Å²) in [5.41, 5.74) is -0.734. The average molecular weight is 279 g/mol. The fraction of sp³-hybridized carbons (Fsp3) is 0.182. The highest BCUT2D eigenvalue weighted by Gasteiger charge is 2.22. The highest BCUT2D eigenvalue weighted by Crippen LogP contribution is 2.31. The van der Waals surface area contributed by atoms with Gasteiger partial charge in [0.05, 0.1) is 33.4 Å². The summed E-state index contributed by atoms with van der Waals surface area (Å²) in [5.74, 6) is -0.680. The van der Waals surface area contributed by atoms with Gasteiger partial charge in [-0.15, -0.1) is 0 Å². The first-order chi connectivity index (χ1) is 9.43. The van der Waals surface area contributed by atoms with Gasteiger partial charge in [-0.2, -0.15) is 0 Å². The lowest BCUT2D eigenvalue weighted by Crippen LogP contribution is -2.04. The number of ether oxygens (including phenoxy) is 1. The molecule has 1 aromatic carbocycles. The molecule has 1 heterocycles. The molecule has 2 aromatic rings. The Morgan fingerprint density at radius 2 is 1.95 bits per heavy atom. The Bertz CT molecular complexity index is 720. The molecule has 0 saturated heterocycles. The molecule has 2 rings (SSSR count). The first kappa shape index (κ1) is 13.5. The second kappa shape index (κ2) is 4.96. The van der Waals surface area contributed by atoms with Gasteiger partial charge in [-0.3, -0.25) is 20.2 Å². The normalized spacial score (nSPS) is 10.4. The van der Waals surface area contributed by atoms with Crippen LogP contribution in [0.25, 0.3) is 10.9 Å². The molecule has 9 heteroatoms. The van der Waals surface area contributed by atoms with E-state index >= 15 is 0 Å². The summed E-state index contributed by atoms with van der Waals surface area (Å²) in [6.45, 7) is 1.77. The van der Waals surface area contributed by atoms with Crippen molar-refractivity contribution in [3.05, 3.63) is 44.1 Å².